The molecule has 10 rings (SSSR count). The number of halogens is 4. The van der Waals surface area contributed by atoms with Gasteiger partial charge < -0.3 is 83.7 Å². The molecule has 3 unspecified atom stereocenters. The van der Waals surface area contributed by atoms with Gasteiger partial charge in [-0.25, -0.2) is 24.0 Å². The van der Waals surface area contributed by atoms with Gasteiger partial charge in [-0.3, -0.25) is 4.79 Å². The van der Waals surface area contributed by atoms with Gasteiger partial charge in [0.05, 0.1) is 50.4 Å². The molecule has 5 saturated heterocycles. The summed E-state index contributed by atoms with van der Waals surface area (Å²) in [6.07, 6.45) is 7.29. The quantitative estimate of drug-likeness (QED) is 0.0504. The number of rotatable bonds is 7. The van der Waals surface area contributed by atoms with Crippen LogP contribution in [0.5, 0.6) is 0 Å². The standard InChI is InChI=1S/C15H23BrN2O3S.C15H23ClN2O2S.C15H24N2O3S.C15H22N2O2S.C10H17NO3.C4H4INS.C2H5.CH4.BH.BrH.Mg.Na.U.H/c1-10-11(9-22-17-10)12(19)15(16)5-7-18(8-6-15)13(20)21-14(2,3)4;1-10-12(9-21-17-10)13(16)11-5-7-18(8-6-11)14(19)20-15(2,3)4;1-10-12(9-21-16-10)13(18)11-5-7-17(8-6-11)14(19)20-15(2,3)4;1-11-13(10-20-16-11)9-12-5-7-17(8-6-12)14(18)19-15(2,3)4;1-10(2,3)14-9(13)11-6-4-8(12)5-7-11;1-3-4(5)2-7-6-3;1-2;;;;;;;/h9,12,19H,5-8H2,1-4H3;9,11,13H,5-8H2,1-4H3;9,11,13,18H,5-8H2,1-4H3;9-10H,5-8H2,1-4H3;4-7H2,1-3H3;2H,1H3;1H2,2H3;1H4;2*1H;;;;/q;;;;;;-1;;;;+2;+1;;-1/p-1/i;;;;;;;;1D;;;;;. The van der Waals surface area contributed by atoms with E-state index in [1.807, 2.05) is 160 Å². The molecule has 0 spiro atoms. The van der Waals surface area contributed by atoms with E-state index in [0.29, 0.717) is 84.0 Å². The number of hydrogen-bond donors (Lipinski definition) is 2. The van der Waals surface area contributed by atoms with Crippen LogP contribution in [0.25, 0.3) is 6.08 Å². The molecule has 0 bridgehead atoms. The number of carbonyl (C=O) groups excluding carboxylic acids is 6. The number of alkyl halides is 2. The minimum atomic E-state index is -0.618. The van der Waals surface area contributed by atoms with Crippen molar-refractivity contribution in [1.29, 1.82) is 1.34 Å². The number of carbonyl (C=O) groups is 6. The van der Waals surface area contributed by atoms with Crippen molar-refractivity contribution < 1.29 is 142 Å². The first-order valence-electron chi connectivity index (χ1n) is 37.0. The largest absolute Gasteiger partial charge is 2.00 e. The number of nitrogens with zero attached hydrogens (tertiary/aromatic N) is 10. The predicted octanol–water partition coefficient (Wildman–Crippen LogP) is 13.2. The third-order valence-electron chi connectivity index (χ3n) is 17.1. The molecule has 0 saturated carbocycles. The monoisotopic (exact) mass is 2170 g/mol. The van der Waals surface area contributed by atoms with Crippen LogP contribution in [0.4, 0.5) is 24.0 Å². The van der Waals surface area contributed by atoms with Gasteiger partial charge >= 0.3 is 83.1 Å². The summed E-state index contributed by atoms with van der Waals surface area (Å²) in [6, 6.07) is 0. The van der Waals surface area contributed by atoms with Crippen molar-refractivity contribution in [2.75, 3.05) is 65.4 Å². The maximum atomic E-state index is 12.1. The Morgan fingerprint density at radius 2 is 0.832 bits per heavy atom. The number of aromatic nitrogens is 5. The first-order chi connectivity index (χ1) is 50.7. The van der Waals surface area contributed by atoms with Gasteiger partial charge in [-0.2, -0.15) is 28.8 Å². The summed E-state index contributed by atoms with van der Waals surface area (Å²) in [5.41, 5.74) is 8.26. The number of ether oxygens (including phenoxy) is 5. The van der Waals surface area contributed by atoms with E-state index in [0.717, 1.165) is 96.8 Å². The minimum Gasteiger partial charge on any atom is -1.00 e. The van der Waals surface area contributed by atoms with Gasteiger partial charge in [-0.15, -0.1) is 11.6 Å². The Hall–Kier alpha value is -1.31. The van der Waals surface area contributed by atoms with E-state index in [9.17, 15) is 39.0 Å². The van der Waals surface area contributed by atoms with Gasteiger partial charge in [0.25, 0.3) is 0 Å². The molecule has 0 aromatic carbocycles. The zero-order chi connectivity index (χ0) is 82.6. The Bertz CT molecular complexity index is 3530. The SMILES string of the molecule is C.CC(C)(C)OC(=O)N1CCC(=O)CC1.Cc1nscc1C(Cl)C1CCN(C(=O)OC(C)(C)C)CC1.Cc1nscc1C(O)C1(Br)CCN(C(=O)OC(C)(C)C)CC1.Cc1nscc1C(O)C1CCN(C(=O)OC(C)(C)C)CC1.Cc1nscc1C=C1CCN(C(=O)OC(C)(C)C)CC1.Cc1nscc1I.[2H][B].[Br-].[CH2-]C.[H-].[Mg+2].[Na+].[U]. The first kappa shape index (κ1) is 114. The maximum absolute atomic E-state index is 12.1. The van der Waals surface area contributed by atoms with Crippen molar-refractivity contribution in [2.45, 2.75) is 267 Å². The number of ketones is 1. The molecule has 2 N–H and O–H groups in total. The van der Waals surface area contributed by atoms with E-state index < -0.39 is 44.5 Å². The van der Waals surface area contributed by atoms with Crippen molar-refractivity contribution in [3.05, 3.63) is 93.7 Å². The van der Waals surface area contributed by atoms with Crippen LogP contribution in [-0.2, 0) is 28.5 Å². The maximum Gasteiger partial charge on any atom is 2.00 e. The Balaban J connectivity index is -0.000000642. The third-order valence-corrected chi connectivity index (χ3v) is 24.1. The van der Waals surface area contributed by atoms with Crippen LogP contribution < -0.4 is 46.5 Å². The first-order valence-corrected chi connectivity index (χ1v) is 42.9. The molecule has 3 atom stereocenters. The smallest absolute Gasteiger partial charge is 1.00 e. The number of aliphatic hydroxyl groups excluding tert-OH is 2. The van der Waals surface area contributed by atoms with Gasteiger partial charge in [-0.1, -0.05) is 35.0 Å². The van der Waals surface area contributed by atoms with E-state index in [4.69, 9.17) is 36.6 Å². The third kappa shape index (κ3) is 42.4. The Labute approximate surface area is 799 Å². The van der Waals surface area contributed by atoms with Crippen LogP contribution in [0.15, 0.2) is 32.5 Å². The molecular formula is C77H124BBr2ClIMgN10NaO13S5U. The Morgan fingerprint density at radius 3 is 1.13 bits per heavy atom. The zero-order valence-electron chi connectivity index (χ0n) is 71.9. The second kappa shape index (κ2) is 54.2. The number of hydrogen-bond acceptors (Lipinski definition) is 23. The Kier molecular flexibility index (Phi) is 54.6. The molecule has 113 heavy (non-hydrogen) atoms. The van der Waals surface area contributed by atoms with Crippen LogP contribution in [0, 0.1) is 88.1 Å². The average molecular weight is 2180 g/mol. The van der Waals surface area contributed by atoms with Gasteiger partial charge in [0.2, 0.25) is 0 Å². The van der Waals surface area contributed by atoms with Crippen LogP contribution in [0.2, 0.25) is 0 Å². The summed E-state index contributed by atoms with van der Waals surface area (Å²) in [5.74, 6) is 0.795. The molecule has 0 aliphatic carbocycles. The summed E-state index contributed by atoms with van der Waals surface area (Å²) >= 11 is 19.7. The molecule has 5 aromatic heterocycles. The second-order valence-corrected chi connectivity index (χ2v) is 38.2. The van der Waals surface area contributed by atoms with Crippen LogP contribution in [-0.4, -0.2) is 223 Å². The molecular weight excluding hydrogens is 2050 g/mol. The fourth-order valence-corrected chi connectivity index (χ4v) is 16.5. The normalized spacial score (nSPS) is 16.6. The molecule has 5 fully saturated rings. The van der Waals surface area contributed by atoms with E-state index in [1.54, 1.807) is 31.4 Å². The number of amides is 5. The van der Waals surface area contributed by atoms with Crippen molar-refractivity contribution >= 4 is 182 Å². The average Bonchev–Trinajstić information content (AvgIpc) is 1.77. The number of aryl methyl sites for hydroxylation is 5. The van der Waals surface area contributed by atoms with E-state index in [-0.39, 0.29) is 157 Å². The van der Waals surface area contributed by atoms with Crippen LogP contribution in [0.1, 0.15) is 252 Å². The molecule has 2 radical (unpaired) electrons. The number of likely N-dealkylation sites (tertiary alicyclic amines) is 5. The van der Waals surface area contributed by atoms with E-state index >= 15 is 0 Å². The summed E-state index contributed by atoms with van der Waals surface area (Å²) in [5, 5.41) is 31.1. The molecule has 5 amide bonds. The van der Waals surface area contributed by atoms with Gasteiger partial charge in [0.1, 0.15) is 33.8 Å². The van der Waals surface area contributed by atoms with Crippen molar-refractivity contribution in [3.8, 4) is 0 Å². The number of piperidine rings is 5. The van der Waals surface area contributed by atoms with Crippen LogP contribution >= 0.6 is 108 Å². The molecule has 36 heteroatoms. The summed E-state index contributed by atoms with van der Waals surface area (Å²) in [4.78, 5) is 79.2. The fourth-order valence-electron chi connectivity index (χ4n) is 11.2. The summed E-state index contributed by atoms with van der Waals surface area (Å²) in [6.45, 7) is 49.2. The second-order valence-electron chi connectivity index (χ2n) is 31.8. The topological polar surface area (TPSA) is 270 Å². The molecule has 5 aliphatic rings. The molecule has 5 aliphatic heterocycles. The summed E-state index contributed by atoms with van der Waals surface area (Å²) in [7, 11) is 3.75. The zero-order valence-corrected chi connectivity index (χ0v) is 87.6. The number of Topliss-reactive ketones (excluding diaryl/α,β-unsaturated/α-hetero) is 1. The van der Waals surface area contributed by atoms with Gasteiger partial charge in [0.15, 0.2) is 0 Å². The van der Waals surface area contributed by atoms with Crippen molar-refractivity contribution in [2.24, 2.45) is 11.8 Å². The molecule has 23 nitrogen and oxygen atoms in total. The predicted molar refractivity (Wildman–Crippen MR) is 464 cm³/mol. The number of aliphatic hydroxyl groups is 2. The molecule has 10 heterocycles. The summed E-state index contributed by atoms with van der Waals surface area (Å²) < 4.78 is 53.9. The van der Waals surface area contributed by atoms with Gasteiger partial charge in [-0.05, 0) is 283 Å². The molecule has 628 valence electrons. The van der Waals surface area contributed by atoms with Crippen molar-refractivity contribution in [3.63, 3.8) is 0 Å². The van der Waals surface area contributed by atoms with E-state index in [2.05, 4.69) is 87.1 Å². The Morgan fingerprint density at radius 1 is 0.540 bits per heavy atom. The van der Waals surface area contributed by atoms with Crippen molar-refractivity contribution in [1.82, 2.24) is 46.4 Å². The fraction of sp³-hybridized carbons (Fsp3) is 0.688. The van der Waals surface area contributed by atoms with Gasteiger partial charge in [0, 0.05) is 171 Å². The molecule has 5 aromatic rings. The van der Waals surface area contributed by atoms with E-state index in [1.165, 1.54) is 72.4 Å². The van der Waals surface area contributed by atoms with Crippen LogP contribution in [0.3, 0.4) is 0 Å². The minimum absolute atomic E-state index is 0.